The Morgan fingerprint density at radius 1 is 1.29 bits per heavy atom. The SMILES string of the molecule is O=C1c2cccn2C2CCC(C(F)(F)F)CC12. The fourth-order valence-electron chi connectivity index (χ4n) is 3.15. The summed E-state index contributed by atoms with van der Waals surface area (Å²) in [6, 6.07) is 3.42. The lowest BCUT2D eigenvalue weighted by molar-refractivity contribution is -0.185. The van der Waals surface area contributed by atoms with Crippen molar-refractivity contribution in [2.45, 2.75) is 31.5 Å². The second kappa shape index (κ2) is 3.37. The van der Waals surface area contributed by atoms with E-state index in [1.165, 1.54) is 0 Å². The minimum absolute atomic E-state index is 0.0469. The molecule has 1 aromatic rings. The van der Waals surface area contributed by atoms with Crippen LogP contribution in [0.1, 0.15) is 35.8 Å². The Kier molecular flexibility index (Phi) is 2.15. The number of hydrogen-bond donors (Lipinski definition) is 0. The van der Waals surface area contributed by atoms with Crippen molar-refractivity contribution >= 4 is 5.78 Å². The first-order valence-electron chi connectivity index (χ1n) is 5.76. The van der Waals surface area contributed by atoms with Gasteiger partial charge >= 0.3 is 6.18 Å². The number of alkyl halides is 3. The summed E-state index contributed by atoms with van der Waals surface area (Å²) in [6.07, 6.45) is -1.83. The first-order chi connectivity index (χ1) is 7.98. The van der Waals surface area contributed by atoms with Crippen molar-refractivity contribution in [3.8, 4) is 0 Å². The maximum Gasteiger partial charge on any atom is 0.391 e. The molecule has 3 rings (SSSR count). The van der Waals surface area contributed by atoms with Gasteiger partial charge in [-0.3, -0.25) is 4.79 Å². The molecule has 2 aliphatic rings. The van der Waals surface area contributed by atoms with Gasteiger partial charge in [0.15, 0.2) is 5.78 Å². The Morgan fingerprint density at radius 2 is 2.06 bits per heavy atom. The Labute approximate surface area is 96.4 Å². The second-order valence-electron chi connectivity index (χ2n) is 4.89. The molecule has 0 amide bonds. The number of hydrogen-bond acceptors (Lipinski definition) is 1. The molecule has 0 spiro atoms. The minimum atomic E-state index is -4.16. The Balaban J connectivity index is 1.88. The fourth-order valence-corrected chi connectivity index (χ4v) is 3.15. The highest BCUT2D eigenvalue weighted by molar-refractivity contribution is 5.99. The van der Waals surface area contributed by atoms with Crippen molar-refractivity contribution in [1.29, 1.82) is 0 Å². The van der Waals surface area contributed by atoms with Gasteiger partial charge in [-0.15, -0.1) is 0 Å². The summed E-state index contributed by atoms with van der Waals surface area (Å²) in [5, 5.41) is 0. The number of ketones is 1. The lowest BCUT2D eigenvalue weighted by Crippen LogP contribution is -2.33. The summed E-state index contributed by atoms with van der Waals surface area (Å²) in [4.78, 5) is 12.0. The first-order valence-corrected chi connectivity index (χ1v) is 5.76. The molecule has 2 heterocycles. The van der Waals surface area contributed by atoms with Gasteiger partial charge in [-0.1, -0.05) is 0 Å². The molecule has 1 aliphatic heterocycles. The van der Waals surface area contributed by atoms with Gasteiger partial charge in [-0.05, 0) is 31.4 Å². The lowest BCUT2D eigenvalue weighted by atomic mass is 9.77. The van der Waals surface area contributed by atoms with Gasteiger partial charge in [-0.25, -0.2) is 0 Å². The highest BCUT2D eigenvalue weighted by Crippen LogP contribution is 2.48. The van der Waals surface area contributed by atoms with Crippen molar-refractivity contribution < 1.29 is 18.0 Å². The van der Waals surface area contributed by atoms with Crippen LogP contribution in [-0.4, -0.2) is 16.5 Å². The molecule has 1 aliphatic carbocycles. The molecule has 0 aromatic carbocycles. The van der Waals surface area contributed by atoms with Gasteiger partial charge in [0.1, 0.15) is 0 Å². The van der Waals surface area contributed by atoms with E-state index in [1.807, 2.05) is 4.57 Å². The zero-order valence-corrected chi connectivity index (χ0v) is 9.07. The number of rotatable bonds is 0. The van der Waals surface area contributed by atoms with E-state index in [1.54, 1.807) is 18.3 Å². The summed E-state index contributed by atoms with van der Waals surface area (Å²) in [7, 11) is 0. The molecular weight excluding hydrogens is 231 g/mol. The number of nitrogens with zero attached hydrogens (tertiary/aromatic N) is 1. The zero-order valence-electron chi connectivity index (χ0n) is 9.07. The molecule has 1 saturated carbocycles. The molecule has 1 fully saturated rings. The smallest absolute Gasteiger partial charge is 0.341 e. The Hall–Kier alpha value is -1.26. The van der Waals surface area contributed by atoms with Crippen LogP contribution in [-0.2, 0) is 0 Å². The highest BCUT2D eigenvalue weighted by Gasteiger charge is 2.50. The van der Waals surface area contributed by atoms with Crippen molar-refractivity contribution in [3.05, 3.63) is 24.0 Å². The number of fused-ring (bicyclic) bond motifs is 3. The maximum absolute atomic E-state index is 12.7. The maximum atomic E-state index is 12.7. The second-order valence-corrected chi connectivity index (χ2v) is 4.89. The summed E-state index contributed by atoms with van der Waals surface area (Å²) in [5.74, 6) is -1.89. The number of carbonyl (C=O) groups is 1. The normalized spacial score (nSPS) is 32.4. The zero-order chi connectivity index (χ0) is 12.2. The molecule has 0 saturated heterocycles. The van der Waals surface area contributed by atoms with Crippen LogP contribution in [0.15, 0.2) is 18.3 Å². The van der Waals surface area contributed by atoms with Crippen LogP contribution in [0, 0.1) is 11.8 Å². The molecule has 17 heavy (non-hydrogen) atoms. The average Bonchev–Trinajstić information content (AvgIpc) is 2.82. The quantitative estimate of drug-likeness (QED) is 0.685. The van der Waals surface area contributed by atoms with Crippen LogP contribution < -0.4 is 0 Å². The average molecular weight is 243 g/mol. The van der Waals surface area contributed by atoms with Gasteiger partial charge in [-0.2, -0.15) is 13.2 Å². The highest BCUT2D eigenvalue weighted by atomic mass is 19.4. The summed E-state index contributed by atoms with van der Waals surface area (Å²) < 4.78 is 39.8. The van der Waals surface area contributed by atoms with Gasteiger partial charge in [0.05, 0.1) is 11.6 Å². The number of Topliss-reactive ketones (excluding diaryl/α,β-unsaturated/α-hetero) is 1. The third kappa shape index (κ3) is 1.51. The molecule has 5 heteroatoms. The van der Waals surface area contributed by atoms with E-state index in [-0.39, 0.29) is 24.7 Å². The predicted molar refractivity (Wildman–Crippen MR) is 54.7 cm³/mol. The van der Waals surface area contributed by atoms with E-state index in [9.17, 15) is 18.0 Å². The predicted octanol–water partition coefficient (Wildman–Crippen LogP) is 3.20. The van der Waals surface area contributed by atoms with Crippen molar-refractivity contribution in [2.75, 3.05) is 0 Å². The largest absolute Gasteiger partial charge is 0.391 e. The molecule has 3 atom stereocenters. The standard InChI is InChI=1S/C12H12F3NO/c13-12(14,15)7-3-4-9-8(6-7)11(17)10-2-1-5-16(9)10/h1-2,5,7-9H,3-4,6H2. The van der Waals surface area contributed by atoms with Crippen molar-refractivity contribution in [2.24, 2.45) is 11.8 Å². The number of aromatic nitrogens is 1. The Morgan fingerprint density at radius 3 is 2.76 bits per heavy atom. The van der Waals surface area contributed by atoms with E-state index in [2.05, 4.69) is 0 Å². The van der Waals surface area contributed by atoms with Crippen LogP contribution in [0.3, 0.4) is 0 Å². The van der Waals surface area contributed by atoms with E-state index in [0.717, 1.165) is 0 Å². The van der Waals surface area contributed by atoms with Crippen LogP contribution in [0.25, 0.3) is 0 Å². The number of carbonyl (C=O) groups excluding carboxylic acids is 1. The van der Waals surface area contributed by atoms with E-state index >= 15 is 0 Å². The molecule has 92 valence electrons. The summed E-state index contributed by atoms with van der Waals surface area (Å²) >= 11 is 0. The summed E-state index contributed by atoms with van der Waals surface area (Å²) in [6.45, 7) is 0. The molecule has 0 radical (unpaired) electrons. The van der Waals surface area contributed by atoms with Crippen molar-refractivity contribution in [1.82, 2.24) is 4.57 Å². The van der Waals surface area contributed by atoms with E-state index in [0.29, 0.717) is 12.1 Å². The molecular formula is C12H12F3NO. The monoisotopic (exact) mass is 243 g/mol. The van der Waals surface area contributed by atoms with Gasteiger partial charge in [0.2, 0.25) is 0 Å². The van der Waals surface area contributed by atoms with Gasteiger partial charge in [0.25, 0.3) is 0 Å². The van der Waals surface area contributed by atoms with E-state index < -0.39 is 18.0 Å². The minimum Gasteiger partial charge on any atom is -0.341 e. The van der Waals surface area contributed by atoms with E-state index in [4.69, 9.17) is 0 Å². The van der Waals surface area contributed by atoms with Crippen molar-refractivity contribution in [3.63, 3.8) is 0 Å². The third-order valence-corrected chi connectivity index (χ3v) is 4.00. The lowest BCUT2D eigenvalue weighted by Gasteiger charge is -2.32. The van der Waals surface area contributed by atoms with Gasteiger partial charge in [0, 0.05) is 18.2 Å². The molecule has 3 unspecified atom stereocenters. The Bertz CT molecular complexity index is 463. The van der Waals surface area contributed by atoms with Crippen LogP contribution in [0.2, 0.25) is 0 Å². The molecule has 0 bridgehead atoms. The first kappa shape index (κ1) is 10.9. The molecule has 2 nitrogen and oxygen atoms in total. The fraction of sp³-hybridized carbons (Fsp3) is 0.583. The van der Waals surface area contributed by atoms with Crippen LogP contribution in [0.5, 0.6) is 0 Å². The van der Waals surface area contributed by atoms with Crippen LogP contribution >= 0.6 is 0 Å². The van der Waals surface area contributed by atoms with Gasteiger partial charge < -0.3 is 4.57 Å². The molecule has 0 N–H and O–H groups in total. The molecule has 1 aromatic heterocycles. The number of halogens is 3. The van der Waals surface area contributed by atoms with Crippen LogP contribution in [0.4, 0.5) is 13.2 Å². The summed E-state index contributed by atoms with van der Waals surface area (Å²) in [5.41, 5.74) is 0.572. The third-order valence-electron chi connectivity index (χ3n) is 4.00. The topological polar surface area (TPSA) is 22.0 Å².